The Morgan fingerprint density at radius 2 is 1.78 bits per heavy atom. The highest BCUT2D eigenvalue weighted by molar-refractivity contribution is 5.81. The number of aryl methyl sites for hydroxylation is 2. The number of benzene rings is 2. The number of nitrogens with zero attached hydrogens (tertiary/aromatic N) is 3. The van der Waals surface area contributed by atoms with Gasteiger partial charge >= 0.3 is 0 Å². The number of fused-ring (bicyclic) bond motifs is 1. The summed E-state index contributed by atoms with van der Waals surface area (Å²) < 4.78 is 1.78. The predicted molar refractivity (Wildman–Crippen MR) is 111 cm³/mol. The van der Waals surface area contributed by atoms with Gasteiger partial charge in [0.1, 0.15) is 5.82 Å². The van der Waals surface area contributed by atoms with Crippen LogP contribution >= 0.6 is 0 Å². The Labute approximate surface area is 160 Å². The van der Waals surface area contributed by atoms with E-state index in [0.717, 1.165) is 53.8 Å². The molecule has 1 saturated heterocycles. The minimum absolute atomic E-state index is 0.0554. The summed E-state index contributed by atoms with van der Waals surface area (Å²) in [5.74, 6) is 0.813. The van der Waals surface area contributed by atoms with Crippen LogP contribution in [0.5, 0.6) is 0 Å². The van der Waals surface area contributed by atoms with Gasteiger partial charge in [0, 0.05) is 6.42 Å². The molecule has 0 bridgehead atoms. The van der Waals surface area contributed by atoms with Crippen LogP contribution in [-0.2, 0) is 12.8 Å². The molecule has 1 aliphatic rings. The van der Waals surface area contributed by atoms with Crippen LogP contribution in [0.4, 0.5) is 0 Å². The predicted octanol–water partition coefficient (Wildman–Crippen LogP) is 3.98. The number of hydrogen-bond donors (Lipinski definition) is 0. The first-order chi connectivity index (χ1) is 13.3. The van der Waals surface area contributed by atoms with Crippen LogP contribution in [0.25, 0.3) is 16.6 Å². The number of aromatic nitrogens is 2. The van der Waals surface area contributed by atoms with Gasteiger partial charge < -0.3 is 4.90 Å². The van der Waals surface area contributed by atoms with Crippen molar-refractivity contribution in [2.75, 3.05) is 19.6 Å². The van der Waals surface area contributed by atoms with Crippen LogP contribution < -0.4 is 5.56 Å². The molecule has 1 fully saturated rings. The highest BCUT2D eigenvalue weighted by Crippen LogP contribution is 2.19. The summed E-state index contributed by atoms with van der Waals surface area (Å²) in [5.41, 5.74) is 2.89. The van der Waals surface area contributed by atoms with Gasteiger partial charge in [-0.3, -0.25) is 9.36 Å². The first-order valence-electron chi connectivity index (χ1n) is 10.1. The molecule has 0 aliphatic carbocycles. The van der Waals surface area contributed by atoms with Crippen molar-refractivity contribution in [1.29, 1.82) is 0 Å². The topological polar surface area (TPSA) is 38.1 Å². The first kappa shape index (κ1) is 17.9. The third-order valence-electron chi connectivity index (χ3n) is 5.50. The van der Waals surface area contributed by atoms with Crippen molar-refractivity contribution in [2.45, 2.75) is 39.0 Å². The van der Waals surface area contributed by atoms with E-state index in [9.17, 15) is 4.79 Å². The minimum atomic E-state index is 0.0554. The summed E-state index contributed by atoms with van der Waals surface area (Å²) in [4.78, 5) is 20.8. The van der Waals surface area contributed by atoms with Crippen LogP contribution in [0.1, 0.15) is 37.6 Å². The summed E-state index contributed by atoms with van der Waals surface area (Å²) in [5, 5.41) is 0.778. The second kappa shape index (κ2) is 8.05. The number of para-hydroxylation sites is 1. The average molecular weight is 361 g/mol. The summed E-state index contributed by atoms with van der Waals surface area (Å²) >= 11 is 0. The fourth-order valence-electron chi connectivity index (χ4n) is 4.13. The van der Waals surface area contributed by atoms with E-state index in [1.807, 2.05) is 49.4 Å². The summed E-state index contributed by atoms with van der Waals surface area (Å²) in [7, 11) is 0. The fraction of sp³-hybridized carbons (Fsp3) is 0.391. The standard InChI is InChI=1S/C23H27N3O/c1-2-21-24-20-14-8-10-18(11-9-17-25-15-6-7-16-25)22(20)23(27)26(21)19-12-4-3-5-13-19/h3-5,8,10,12-14H,2,6-7,9,11,15-17H2,1H3. The van der Waals surface area contributed by atoms with Crippen molar-refractivity contribution in [3.63, 3.8) is 0 Å². The number of hydrogen-bond acceptors (Lipinski definition) is 3. The molecule has 0 amide bonds. The Balaban J connectivity index is 1.73. The van der Waals surface area contributed by atoms with Gasteiger partial charge in [-0.05, 0) is 69.1 Å². The molecule has 0 saturated carbocycles. The third kappa shape index (κ3) is 3.67. The highest BCUT2D eigenvalue weighted by atomic mass is 16.1. The molecule has 0 unspecified atom stereocenters. The van der Waals surface area contributed by atoms with Gasteiger partial charge in [0.2, 0.25) is 0 Å². The number of rotatable bonds is 6. The van der Waals surface area contributed by atoms with Crippen LogP contribution in [0, 0.1) is 0 Å². The molecule has 0 N–H and O–H groups in total. The van der Waals surface area contributed by atoms with Crippen molar-refractivity contribution in [1.82, 2.24) is 14.5 Å². The van der Waals surface area contributed by atoms with E-state index in [0.29, 0.717) is 0 Å². The average Bonchev–Trinajstić information content (AvgIpc) is 3.22. The van der Waals surface area contributed by atoms with E-state index in [4.69, 9.17) is 4.98 Å². The number of likely N-dealkylation sites (tertiary alicyclic amines) is 1. The van der Waals surface area contributed by atoms with Crippen molar-refractivity contribution >= 4 is 10.9 Å². The maximum Gasteiger partial charge on any atom is 0.266 e. The Hall–Kier alpha value is -2.46. The molecule has 1 aliphatic heterocycles. The Bertz CT molecular complexity index is 972. The lowest BCUT2D eigenvalue weighted by Gasteiger charge is -2.16. The Kier molecular flexibility index (Phi) is 5.35. The van der Waals surface area contributed by atoms with Crippen LogP contribution in [0.15, 0.2) is 53.3 Å². The smallest absolute Gasteiger partial charge is 0.266 e. The van der Waals surface area contributed by atoms with Gasteiger partial charge in [-0.25, -0.2) is 4.98 Å². The molecule has 4 rings (SSSR count). The van der Waals surface area contributed by atoms with Crippen LogP contribution in [0.2, 0.25) is 0 Å². The van der Waals surface area contributed by atoms with Crippen molar-refractivity contribution < 1.29 is 0 Å². The summed E-state index contributed by atoms with van der Waals surface area (Å²) in [6.07, 6.45) is 5.36. The normalized spacial score (nSPS) is 14.9. The van der Waals surface area contributed by atoms with E-state index >= 15 is 0 Å². The maximum atomic E-state index is 13.5. The first-order valence-corrected chi connectivity index (χ1v) is 10.1. The van der Waals surface area contributed by atoms with Gasteiger partial charge in [0.25, 0.3) is 5.56 Å². The zero-order valence-electron chi connectivity index (χ0n) is 16.0. The van der Waals surface area contributed by atoms with E-state index in [1.165, 1.54) is 25.9 Å². The Morgan fingerprint density at radius 3 is 2.52 bits per heavy atom. The van der Waals surface area contributed by atoms with Gasteiger partial charge in [-0.2, -0.15) is 0 Å². The van der Waals surface area contributed by atoms with E-state index in [1.54, 1.807) is 4.57 Å². The van der Waals surface area contributed by atoms with Crippen molar-refractivity contribution in [3.8, 4) is 5.69 Å². The summed E-state index contributed by atoms with van der Waals surface area (Å²) in [6, 6.07) is 15.9. The largest absolute Gasteiger partial charge is 0.303 e. The molecule has 2 heterocycles. The van der Waals surface area contributed by atoms with Crippen molar-refractivity contribution in [3.05, 3.63) is 70.3 Å². The van der Waals surface area contributed by atoms with Gasteiger partial charge in [0.15, 0.2) is 0 Å². The molecular formula is C23H27N3O. The quantitative estimate of drug-likeness (QED) is 0.667. The second-order valence-electron chi connectivity index (χ2n) is 7.32. The molecule has 2 aromatic carbocycles. The molecule has 0 atom stereocenters. The third-order valence-corrected chi connectivity index (χ3v) is 5.50. The summed E-state index contributed by atoms with van der Waals surface area (Å²) in [6.45, 7) is 5.60. The lowest BCUT2D eigenvalue weighted by Crippen LogP contribution is -2.25. The van der Waals surface area contributed by atoms with E-state index < -0.39 is 0 Å². The lowest BCUT2D eigenvalue weighted by atomic mass is 10.0. The molecule has 1 aromatic heterocycles. The van der Waals surface area contributed by atoms with E-state index in [-0.39, 0.29) is 5.56 Å². The van der Waals surface area contributed by atoms with Gasteiger partial charge in [0.05, 0.1) is 16.6 Å². The zero-order chi connectivity index (χ0) is 18.6. The molecule has 27 heavy (non-hydrogen) atoms. The molecule has 3 aromatic rings. The molecule has 0 spiro atoms. The second-order valence-corrected chi connectivity index (χ2v) is 7.32. The lowest BCUT2D eigenvalue weighted by molar-refractivity contribution is 0.334. The molecule has 140 valence electrons. The van der Waals surface area contributed by atoms with Crippen LogP contribution in [0.3, 0.4) is 0 Å². The molecule has 0 radical (unpaired) electrons. The fourth-order valence-corrected chi connectivity index (χ4v) is 4.13. The zero-order valence-corrected chi connectivity index (χ0v) is 16.0. The van der Waals surface area contributed by atoms with Gasteiger partial charge in [-0.15, -0.1) is 0 Å². The maximum absolute atomic E-state index is 13.5. The highest BCUT2D eigenvalue weighted by Gasteiger charge is 2.15. The molecular weight excluding hydrogens is 334 g/mol. The van der Waals surface area contributed by atoms with Crippen molar-refractivity contribution in [2.24, 2.45) is 0 Å². The Morgan fingerprint density at radius 1 is 1.00 bits per heavy atom. The monoisotopic (exact) mass is 361 g/mol. The SMILES string of the molecule is CCc1nc2cccc(CCCN3CCCC3)c2c(=O)n1-c1ccccc1. The minimum Gasteiger partial charge on any atom is -0.303 e. The van der Waals surface area contributed by atoms with E-state index in [2.05, 4.69) is 11.0 Å². The van der Waals surface area contributed by atoms with Gasteiger partial charge in [-0.1, -0.05) is 37.3 Å². The molecule has 4 heteroatoms. The van der Waals surface area contributed by atoms with Crippen LogP contribution in [-0.4, -0.2) is 34.1 Å². The molecule has 4 nitrogen and oxygen atoms in total.